The van der Waals surface area contributed by atoms with E-state index in [-0.39, 0.29) is 5.91 Å². The summed E-state index contributed by atoms with van der Waals surface area (Å²) in [5.41, 5.74) is 3.84. The van der Waals surface area contributed by atoms with Gasteiger partial charge in [-0.25, -0.2) is 0 Å². The monoisotopic (exact) mass is 503 g/mol. The minimum atomic E-state index is 0.0283. The maximum Gasteiger partial charge on any atom is 0.238 e. The zero-order valence-corrected chi connectivity index (χ0v) is 22.0. The molecule has 0 bridgehead atoms. The van der Waals surface area contributed by atoms with Gasteiger partial charge >= 0.3 is 0 Å². The first-order valence-electron chi connectivity index (χ1n) is 13.1. The lowest BCUT2D eigenvalue weighted by Crippen LogP contribution is -2.44. The second-order valence-corrected chi connectivity index (χ2v) is 11.0. The van der Waals surface area contributed by atoms with Crippen molar-refractivity contribution in [3.8, 4) is 10.4 Å². The summed E-state index contributed by atoms with van der Waals surface area (Å²) in [4.78, 5) is 21.1. The topological polar surface area (TPSA) is 50.9 Å². The first-order chi connectivity index (χ1) is 17.6. The fourth-order valence-electron chi connectivity index (χ4n) is 5.02. The van der Waals surface area contributed by atoms with Crippen molar-refractivity contribution in [2.24, 2.45) is 0 Å². The van der Waals surface area contributed by atoms with Crippen LogP contribution in [0, 0.1) is 0 Å². The van der Waals surface area contributed by atoms with E-state index >= 15 is 0 Å². The van der Waals surface area contributed by atoms with E-state index in [4.69, 9.17) is 0 Å². The molecule has 0 spiro atoms. The number of hydrogen-bond donors (Lipinski definition) is 2. The van der Waals surface area contributed by atoms with Gasteiger partial charge in [0, 0.05) is 49.3 Å². The lowest BCUT2D eigenvalue weighted by molar-refractivity contribution is -0.115. The second-order valence-electron chi connectivity index (χ2n) is 9.97. The van der Waals surface area contributed by atoms with Crippen LogP contribution >= 0.6 is 11.3 Å². The van der Waals surface area contributed by atoms with E-state index in [1.807, 2.05) is 6.07 Å². The third-order valence-electron chi connectivity index (χ3n) is 7.28. The molecular formula is C29H37N5OS. The number of carbonyl (C=O) groups excluding carboxylic acids is 1. The molecular weight excluding hydrogens is 466 g/mol. The van der Waals surface area contributed by atoms with Crippen molar-refractivity contribution in [1.29, 1.82) is 0 Å². The smallest absolute Gasteiger partial charge is 0.238 e. The number of nitrogens with one attached hydrogen (secondary N) is 2. The number of likely N-dealkylation sites (N-methyl/N-ethyl adjacent to an activating group) is 1. The lowest BCUT2D eigenvalue weighted by Gasteiger charge is -2.34. The van der Waals surface area contributed by atoms with Crippen molar-refractivity contribution in [1.82, 2.24) is 15.1 Å². The number of carbonyl (C=O) groups is 1. The van der Waals surface area contributed by atoms with Gasteiger partial charge in [0.05, 0.1) is 11.5 Å². The summed E-state index contributed by atoms with van der Waals surface area (Å²) in [5.74, 6) is 0.0283. The molecule has 0 saturated carbocycles. The molecule has 2 aliphatic rings. The summed E-state index contributed by atoms with van der Waals surface area (Å²) >= 11 is 1.63. The second kappa shape index (κ2) is 12.0. The van der Waals surface area contributed by atoms with Gasteiger partial charge in [-0.3, -0.25) is 9.69 Å². The average Bonchev–Trinajstić information content (AvgIpc) is 3.38. The van der Waals surface area contributed by atoms with Gasteiger partial charge in [-0.15, -0.1) is 11.3 Å². The number of nitrogens with zero attached hydrogens (tertiary/aromatic N) is 3. The average molecular weight is 504 g/mol. The van der Waals surface area contributed by atoms with Crippen LogP contribution in [0.1, 0.15) is 18.4 Å². The Labute approximate surface area is 218 Å². The van der Waals surface area contributed by atoms with Crippen LogP contribution < -0.4 is 15.5 Å². The highest BCUT2D eigenvalue weighted by atomic mass is 32.1. The lowest BCUT2D eigenvalue weighted by atomic mass is 10.0. The molecule has 2 N–H and O–H groups in total. The molecule has 0 radical (unpaired) electrons. The molecule has 7 heteroatoms. The molecule has 1 amide bonds. The highest BCUT2D eigenvalue weighted by Gasteiger charge is 2.20. The van der Waals surface area contributed by atoms with E-state index in [1.54, 1.807) is 11.3 Å². The van der Waals surface area contributed by atoms with Crippen molar-refractivity contribution >= 4 is 27.9 Å². The van der Waals surface area contributed by atoms with E-state index in [2.05, 4.69) is 93.0 Å². The van der Waals surface area contributed by atoms with E-state index in [0.29, 0.717) is 12.6 Å². The number of amides is 1. The molecule has 6 nitrogen and oxygen atoms in total. The number of piperidine rings is 1. The Bertz CT molecular complexity index is 1100. The minimum absolute atomic E-state index is 0.0283. The van der Waals surface area contributed by atoms with Crippen LogP contribution in [-0.2, 0) is 11.3 Å². The molecule has 36 heavy (non-hydrogen) atoms. The number of anilines is 2. The van der Waals surface area contributed by atoms with Gasteiger partial charge < -0.3 is 20.4 Å². The predicted molar refractivity (Wildman–Crippen MR) is 151 cm³/mol. The summed E-state index contributed by atoms with van der Waals surface area (Å²) in [6.45, 7) is 7.86. The fraction of sp³-hybridized carbons (Fsp3) is 0.414. The largest absolute Gasteiger partial charge is 0.369 e. The number of rotatable bonds is 8. The van der Waals surface area contributed by atoms with Gasteiger partial charge in [0.2, 0.25) is 5.91 Å². The molecule has 0 unspecified atom stereocenters. The summed E-state index contributed by atoms with van der Waals surface area (Å²) in [5, 5.41) is 7.44. The van der Waals surface area contributed by atoms with Crippen LogP contribution in [0.5, 0.6) is 0 Å². The molecule has 3 aromatic rings. The number of hydrogen-bond acceptors (Lipinski definition) is 6. The standard InChI is InChI=1S/C29H37N5OS/c1-32-17-19-34(20-18-32)26-9-7-24(8-10-26)27-11-12-29(36-27)31-28(35)21-30-25-13-15-33(16-14-25)22-23-5-3-2-4-6-23/h2-12,25,30H,13-22H2,1H3,(H,31,35). The Kier molecular flexibility index (Phi) is 8.33. The summed E-state index contributed by atoms with van der Waals surface area (Å²) < 4.78 is 0. The van der Waals surface area contributed by atoms with Crippen LogP contribution in [-0.4, -0.2) is 74.6 Å². The first kappa shape index (κ1) is 25.0. The molecule has 2 fully saturated rings. The van der Waals surface area contributed by atoms with E-state index in [0.717, 1.165) is 63.7 Å². The Morgan fingerprint density at radius 1 is 0.889 bits per heavy atom. The summed E-state index contributed by atoms with van der Waals surface area (Å²) in [6, 6.07) is 24.0. The van der Waals surface area contributed by atoms with Gasteiger partial charge in [-0.1, -0.05) is 42.5 Å². The summed E-state index contributed by atoms with van der Waals surface area (Å²) in [6.07, 6.45) is 2.15. The number of likely N-dealkylation sites (tertiary alicyclic amines) is 1. The van der Waals surface area contributed by atoms with Gasteiger partial charge in [0.15, 0.2) is 0 Å². The first-order valence-corrected chi connectivity index (χ1v) is 13.9. The van der Waals surface area contributed by atoms with E-state index in [9.17, 15) is 4.79 Å². The number of piperazine rings is 1. The molecule has 3 heterocycles. The third kappa shape index (κ3) is 6.73. The van der Waals surface area contributed by atoms with Crippen molar-refractivity contribution in [2.75, 3.05) is 63.1 Å². The van der Waals surface area contributed by atoms with E-state index in [1.165, 1.54) is 21.7 Å². The Morgan fingerprint density at radius 3 is 2.33 bits per heavy atom. The van der Waals surface area contributed by atoms with Gasteiger partial charge in [-0.2, -0.15) is 0 Å². The van der Waals surface area contributed by atoms with Crippen LogP contribution in [0.25, 0.3) is 10.4 Å². The van der Waals surface area contributed by atoms with Crippen molar-refractivity contribution in [3.05, 3.63) is 72.3 Å². The normalized spacial score (nSPS) is 17.9. The molecule has 0 aliphatic carbocycles. The SMILES string of the molecule is CN1CCN(c2ccc(-c3ccc(NC(=O)CNC4CCN(Cc5ccccc5)CC4)s3)cc2)CC1. The highest BCUT2D eigenvalue weighted by Crippen LogP contribution is 2.32. The Balaban J connectivity index is 1.05. The van der Waals surface area contributed by atoms with E-state index < -0.39 is 0 Å². The Morgan fingerprint density at radius 2 is 1.61 bits per heavy atom. The molecule has 190 valence electrons. The molecule has 2 saturated heterocycles. The highest BCUT2D eigenvalue weighted by molar-refractivity contribution is 7.19. The van der Waals surface area contributed by atoms with Gasteiger partial charge in [0.25, 0.3) is 0 Å². The fourth-order valence-corrected chi connectivity index (χ4v) is 5.94. The van der Waals surface area contributed by atoms with Crippen LogP contribution in [0.3, 0.4) is 0 Å². The maximum absolute atomic E-state index is 12.6. The maximum atomic E-state index is 12.6. The molecule has 1 aromatic heterocycles. The van der Waals surface area contributed by atoms with Crippen molar-refractivity contribution in [2.45, 2.75) is 25.4 Å². The molecule has 2 aliphatic heterocycles. The van der Waals surface area contributed by atoms with Crippen LogP contribution in [0.4, 0.5) is 10.7 Å². The molecule has 0 atom stereocenters. The molecule has 2 aromatic carbocycles. The van der Waals surface area contributed by atoms with Crippen LogP contribution in [0.2, 0.25) is 0 Å². The van der Waals surface area contributed by atoms with Crippen molar-refractivity contribution in [3.63, 3.8) is 0 Å². The predicted octanol–water partition coefficient (Wildman–Crippen LogP) is 4.36. The zero-order valence-electron chi connectivity index (χ0n) is 21.2. The number of thiophene rings is 1. The number of benzene rings is 2. The van der Waals surface area contributed by atoms with Crippen LogP contribution in [0.15, 0.2) is 66.7 Å². The quantitative estimate of drug-likeness (QED) is 0.478. The third-order valence-corrected chi connectivity index (χ3v) is 8.33. The van der Waals surface area contributed by atoms with Crippen molar-refractivity contribution < 1.29 is 4.79 Å². The molecule has 5 rings (SSSR count). The van der Waals surface area contributed by atoms with Gasteiger partial charge in [0.1, 0.15) is 0 Å². The Hall–Kier alpha value is -2.71. The van der Waals surface area contributed by atoms with Gasteiger partial charge in [-0.05, 0) is 68.4 Å². The summed E-state index contributed by atoms with van der Waals surface area (Å²) in [7, 11) is 2.18. The zero-order chi connectivity index (χ0) is 24.7. The minimum Gasteiger partial charge on any atom is -0.369 e.